The number of nitrogens with one attached hydrogen (secondary N) is 2. The number of aromatic amines is 1. The van der Waals surface area contributed by atoms with Gasteiger partial charge in [0.2, 0.25) is 0 Å². The van der Waals surface area contributed by atoms with Gasteiger partial charge in [-0.15, -0.1) is 0 Å². The Labute approximate surface area is 80.1 Å². The number of carbonyl (C=O) groups is 1. The van der Waals surface area contributed by atoms with Crippen LogP contribution in [-0.4, -0.2) is 30.1 Å². The van der Waals surface area contributed by atoms with Crippen LogP contribution in [0.4, 0.5) is 0 Å². The summed E-state index contributed by atoms with van der Waals surface area (Å²) in [5.41, 5.74) is -0.138. The fourth-order valence-electron chi connectivity index (χ4n) is 1.18. The minimum Gasteiger partial charge on any atom is -0.377 e. The molecule has 0 aliphatic carbocycles. The topological polar surface area (TPSA) is 71.2 Å². The van der Waals surface area contributed by atoms with Gasteiger partial charge in [0.25, 0.3) is 5.91 Å². The van der Waals surface area contributed by atoms with E-state index < -0.39 is 0 Å². The number of hydrogen-bond acceptors (Lipinski definition) is 3. The van der Waals surface area contributed by atoms with Crippen LogP contribution >= 0.6 is 0 Å². The highest BCUT2D eigenvalue weighted by atomic mass is 16.5. The van der Waals surface area contributed by atoms with Crippen molar-refractivity contribution in [2.24, 2.45) is 0 Å². The summed E-state index contributed by atoms with van der Waals surface area (Å²) in [4.78, 5) is 25.4. The molecule has 2 N–H and O–H groups in total. The molecule has 0 spiro atoms. The number of hydrogen-bond donors (Lipinski definition) is 2. The lowest BCUT2D eigenvalue weighted by atomic mass is 10.2. The number of pyridine rings is 1. The minimum absolute atomic E-state index is 0.0436. The minimum atomic E-state index is -0.347. The molecule has 0 radical (unpaired) electrons. The largest absolute Gasteiger partial charge is 0.377 e. The van der Waals surface area contributed by atoms with Gasteiger partial charge >= 0.3 is 0 Å². The molecule has 14 heavy (non-hydrogen) atoms. The van der Waals surface area contributed by atoms with E-state index >= 15 is 0 Å². The van der Waals surface area contributed by atoms with E-state index in [1.54, 1.807) is 0 Å². The van der Waals surface area contributed by atoms with Gasteiger partial charge in [0.1, 0.15) is 5.56 Å². The molecule has 0 aromatic carbocycles. The lowest BCUT2D eigenvalue weighted by Gasteiger charge is -2.26. The third-order valence-corrected chi connectivity index (χ3v) is 2.04. The Hall–Kier alpha value is -1.62. The molecule has 5 nitrogen and oxygen atoms in total. The predicted octanol–water partition coefficient (Wildman–Crippen LogP) is -0.497. The molecule has 5 heteroatoms. The number of H-pyrrole nitrogens is 1. The van der Waals surface area contributed by atoms with Crippen LogP contribution in [0.1, 0.15) is 10.4 Å². The molecule has 74 valence electrons. The Bertz CT molecular complexity index is 395. The van der Waals surface area contributed by atoms with Crippen molar-refractivity contribution in [3.8, 4) is 0 Å². The fraction of sp³-hybridized carbons (Fsp3) is 0.333. The maximum absolute atomic E-state index is 11.5. The molecular formula is C9H10N2O3. The molecule has 1 aliphatic rings. The zero-order valence-corrected chi connectivity index (χ0v) is 7.45. The van der Waals surface area contributed by atoms with Crippen LogP contribution in [-0.2, 0) is 4.74 Å². The van der Waals surface area contributed by atoms with Crippen LogP contribution in [0.15, 0.2) is 23.3 Å². The third kappa shape index (κ3) is 1.67. The lowest BCUT2D eigenvalue weighted by Crippen LogP contribution is -2.49. The van der Waals surface area contributed by atoms with Gasteiger partial charge in [-0.25, -0.2) is 0 Å². The van der Waals surface area contributed by atoms with Crippen molar-refractivity contribution in [1.82, 2.24) is 10.3 Å². The van der Waals surface area contributed by atoms with Crippen LogP contribution in [0, 0.1) is 0 Å². The fourth-order valence-corrected chi connectivity index (χ4v) is 1.18. The molecule has 0 atom stereocenters. The Morgan fingerprint density at radius 2 is 2.36 bits per heavy atom. The number of ether oxygens (including phenoxy) is 1. The number of amides is 1. The van der Waals surface area contributed by atoms with Crippen molar-refractivity contribution < 1.29 is 9.53 Å². The molecule has 1 saturated heterocycles. The number of aromatic nitrogens is 1. The van der Waals surface area contributed by atoms with E-state index in [1.807, 2.05) is 0 Å². The first kappa shape index (κ1) is 8.96. The van der Waals surface area contributed by atoms with E-state index in [9.17, 15) is 9.59 Å². The molecule has 2 heterocycles. The molecule has 0 unspecified atom stereocenters. The van der Waals surface area contributed by atoms with Crippen LogP contribution in [0.25, 0.3) is 0 Å². The van der Waals surface area contributed by atoms with Crippen LogP contribution in [0.5, 0.6) is 0 Å². The maximum atomic E-state index is 11.5. The standard InChI is InChI=1S/C9H10N2O3/c12-8-1-2-10-3-7(8)9(13)11-6-4-14-5-6/h1-3,6H,4-5H2,(H,10,12)(H,11,13). The Morgan fingerprint density at radius 1 is 1.57 bits per heavy atom. The van der Waals surface area contributed by atoms with Gasteiger partial charge < -0.3 is 15.0 Å². The van der Waals surface area contributed by atoms with E-state index in [1.165, 1.54) is 18.5 Å². The van der Waals surface area contributed by atoms with E-state index in [-0.39, 0.29) is 22.9 Å². The molecular weight excluding hydrogens is 184 g/mol. The summed E-state index contributed by atoms with van der Waals surface area (Å²) in [7, 11) is 0. The Kier molecular flexibility index (Phi) is 2.32. The molecule has 1 aliphatic heterocycles. The number of carbonyl (C=O) groups excluding carboxylic acids is 1. The third-order valence-electron chi connectivity index (χ3n) is 2.04. The zero-order chi connectivity index (χ0) is 9.97. The van der Waals surface area contributed by atoms with Gasteiger partial charge in [0.05, 0.1) is 19.3 Å². The molecule has 1 aromatic rings. The molecule has 1 amide bonds. The van der Waals surface area contributed by atoms with Crippen LogP contribution in [0.2, 0.25) is 0 Å². The van der Waals surface area contributed by atoms with Crippen molar-refractivity contribution in [3.63, 3.8) is 0 Å². The first-order chi connectivity index (χ1) is 6.77. The predicted molar refractivity (Wildman–Crippen MR) is 49.1 cm³/mol. The average Bonchev–Trinajstić information content (AvgIpc) is 2.12. The van der Waals surface area contributed by atoms with E-state index in [2.05, 4.69) is 10.3 Å². The van der Waals surface area contributed by atoms with E-state index in [0.29, 0.717) is 13.2 Å². The highest BCUT2D eigenvalue weighted by Crippen LogP contribution is 2.00. The normalized spacial score (nSPS) is 16.0. The van der Waals surface area contributed by atoms with Gasteiger partial charge in [-0.2, -0.15) is 0 Å². The monoisotopic (exact) mass is 194 g/mol. The molecule has 0 bridgehead atoms. The molecule has 1 fully saturated rings. The molecule has 0 saturated carbocycles. The van der Waals surface area contributed by atoms with Crippen molar-refractivity contribution >= 4 is 5.91 Å². The average molecular weight is 194 g/mol. The second kappa shape index (κ2) is 3.63. The highest BCUT2D eigenvalue weighted by Gasteiger charge is 2.21. The second-order valence-corrected chi connectivity index (χ2v) is 3.13. The van der Waals surface area contributed by atoms with Gasteiger partial charge in [0.15, 0.2) is 5.43 Å². The van der Waals surface area contributed by atoms with Gasteiger partial charge in [0, 0.05) is 18.5 Å². The van der Waals surface area contributed by atoms with Crippen LogP contribution in [0.3, 0.4) is 0 Å². The maximum Gasteiger partial charge on any atom is 0.257 e. The van der Waals surface area contributed by atoms with E-state index in [4.69, 9.17) is 4.74 Å². The SMILES string of the molecule is O=C(NC1COC1)c1c[nH]ccc1=O. The summed E-state index contributed by atoms with van der Waals surface area (Å²) in [5, 5.41) is 2.69. The number of rotatable bonds is 2. The molecule has 2 rings (SSSR count). The summed E-state index contributed by atoms with van der Waals surface area (Å²) in [6.07, 6.45) is 2.89. The summed E-state index contributed by atoms with van der Waals surface area (Å²) in [6, 6.07) is 1.37. The zero-order valence-electron chi connectivity index (χ0n) is 7.45. The van der Waals surface area contributed by atoms with Crippen molar-refractivity contribution in [2.45, 2.75) is 6.04 Å². The second-order valence-electron chi connectivity index (χ2n) is 3.13. The quantitative estimate of drug-likeness (QED) is 0.667. The highest BCUT2D eigenvalue weighted by molar-refractivity contribution is 5.93. The summed E-state index contributed by atoms with van der Waals surface area (Å²) in [5.74, 6) is -0.347. The van der Waals surface area contributed by atoms with Crippen molar-refractivity contribution in [1.29, 1.82) is 0 Å². The first-order valence-corrected chi connectivity index (χ1v) is 4.33. The summed E-state index contributed by atoms with van der Waals surface area (Å²) in [6.45, 7) is 1.05. The smallest absolute Gasteiger partial charge is 0.257 e. The first-order valence-electron chi connectivity index (χ1n) is 4.33. The Morgan fingerprint density at radius 3 is 2.93 bits per heavy atom. The van der Waals surface area contributed by atoms with Gasteiger partial charge in [-0.3, -0.25) is 9.59 Å². The van der Waals surface area contributed by atoms with Crippen LogP contribution < -0.4 is 10.7 Å². The summed E-state index contributed by atoms with van der Waals surface area (Å²) >= 11 is 0. The van der Waals surface area contributed by atoms with Crippen molar-refractivity contribution in [2.75, 3.05) is 13.2 Å². The van der Waals surface area contributed by atoms with Crippen molar-refractivity contribution in [3.05, 3.63) is 34.2 Å². The molecule has 1 aromatic heterocycles. The lowest BCUT2D eigenvalue weighted by molar-refractivity contribution is -0.00348. The Balaban J connectivity index is 2.10. The van der Waals surface area contributed by atoms with E-state index in [0.717, 1.165) is 0 Å². The van der Waals surface area contributed by atoms with Gasteiger partial charge in [-0.1, -0.05) is 0 Å². The summed E-state index contributed by atoms with van der Waals surface area (Å²) < 4.78 is 4.90. The van der Waals surface area contributed by atoms with Gasteiger partial charge in [-0.05, 0) is 0 Å².